The molecule has 1 N–H and O–H groups in total. The second-order valence-electron chi connectivity index (χ2n) is 4.24. The summed E-state index contributed by atoms with van der Waals surface area (Å²) in [5.41, 5.74) is 2.03. The van der Waals surface area contributed by atoms with E-state index in [1.165, 1.54) is 6.20 Å². The third kappa shape index (κ3) is 3.91. The molecule has 0 saturated heterocycles. The number of carbonyl (C=O) groups is 2. The van der Waals surface area contributed by atoms with Gasteiger partial charge in [-0.05, 0) is 36.8 Å². The van der Waals surface area contributed by atoms with Crippen molar-refractivity contribution >= 4 is 17.6 Å². The highest BCUT2D eigenvalue weighted by Crippen LogP contribution is 2.09. The summed E-state index contributed by atoms with van der Waals surface area (Å²) in [6, 6.07) is 10.6. The maximum Gasteiger partial charge on any atom is 0.340 e. The second-order valence-corrected chi connectivity index (χ2v) is 4.24. The summed E-state index contributed by atoms with van der Waals surface area (Å²) >= 11 is 0. The average Bonchev–Trinajstić information content (AvgIpc) is 2.46. The van der Waals surface area contributed by atoms with Gasteiger partial charge in [0.2, 0.25) is 0 Å². The molecule has 2 rings (SSSR count). The zero-order valence-electron chi connectivity index (χ0n) is 11.0. The molecule has 0 fully saturated rings. The Labute approximate surface area is 116 Å². The Hall–Kier alpha value is -2.69. The number of anilines is 1. The highest BCUT2D eigenvalue weighted by Gasteiger charge is 2.10. The largest absolute Gasteiger partial charge is 0.452 e. The number of aryl methyl sites for hydroxylation is 1. The van der Waals surface area contributed by atoms with Gasteiger partial charge in [-0.1, -0.05) is 12.1 Å². The molecule has 102 valence electrons. The van der Waals surface area contributed by atoms with E-state index < -0.39 is 5.97 Å². The predicted octanol–water partition coefficient (Wildman–Crippen LogP) is 2.19. The van der Waals surface area contributed by atoms with Crippen LogP contribution in [0.5, 0.6) is 0 Å². The van der Waals surface area contributed by atoms with Crippen molar-refractivity contribution in [3.63, 3.8) is 0 Å². The van der Waals surface area contributed by atoms with Gasteiger partial charge in [-0.3, -0.25) is 9.78 Å². The lowest BCUT2D eigenvalue weighted by atomic mass is 10.2. The van der Waals surface area contributed by atoms with Gasteiger partial charge in [0.15, 0.2) is 6.61 Å². The lowest BCUT2D eigenvalue weighted by Gasteiger charge is -2.07. The van der Waals surface area contributed by atoms with Gasteiger partial charge in [-0.2, -0.15) is 0 Å². The van der Waals surface area contributed by atoms with Crippen LogP contribution in [0.3, 0.4) is 0 Å². The van der Waals surface area contributed by atoms with Crippen LogP contribution in [0.2, 0.25) is 0 Å². The highest BCUT2D eigenvalue weighted by molar-refractivity contribution is 5.95. The number of carbonyl (C=O) groups excluding carboxylic acids is 2. The Bertz CT molecular complexity index is 612. The van der Waals surface area contributed by atoms with E-state index in [1.807, 2.05) is 25.1 Å². The number of ether oxygens (including phenoxy) is 1. The van der Waals surface area contributed by atoms with Crippen molar-refractivity contribution in [2.24, 2.45) is 0 Å². The Morgan fingerprint density at radius 1 is 1.25 bits per heavy atom. The minimum absolute atomic E-state index is 0.316. The van der Waals surface area contributed by atoms with Crippen LogP contribution >= 0.6 is 0 Å². The second kappa shape index (κ2) is 6.47. The Balaban J connectivity index is 1.85. The van der Waals surface area contributed by atoms with E-state index in [0.717, 1.165) is 5.56 Å². The molecule has 0 atom stereocenters. The zero-order chi connectivity index (χ0) is 14.4. The fourth-order valence-electron chi connectivity index (χ4n) is 1.62. The molecule has 0 aliphatic rings. The first kappa shape index (κ1) is 13.7. The third-order valence-electron chi connectivity index (χ3n) is 2.53. The van der Waals surface area contributed by atoms with E-state index in [-0.39, 0.29) is 12.5 Å². The molecule has 1 aromatic heterocycles. The molecule has 1 aromatic carbocycles. The quantitative estimate of drug-likeness (QED) is 0.865. The fraction of sp³-hybridized carbons (Fsp3) is 0.133. The smallest absolute Gasteiger partial charge is 0.340 e. The van der Waals surface area contributed by atoms with Gasteiger partial charge in [-0.25, -0.2) is 4.79 Å². The van der Waals surface area contributed by atoms with Gasteiger partial charge >= 0.3 is 5.97 Å². The van der Waals surface area contributed by atoms with Crippen molar-refractivity contribution in [3.8, 4) is 0 Å². The van der Waals surface area contributed by atoms with Crippen molar-refractivity contribution in [2.75, 3.05) is 11.9 Å². The molecule has 0 spiro atoms. The number of aromatic nitrogens is 1. The minimum atomic E-state index is -0.572. The third-order valence-corrected chi connectivity index (χ3v) is 2.53. The number of amides is 1. The monoisotopic (exact) mass is 270 g/mol. The molecular weight excluding hydrogens is 256 g/mol. The topological polar surface area (TPSA) is 68.3 Å². The first-order valence-electron chi connectivity index (χ1n) is 6.09. The molecule has 20 heavy (non-hydrogen) atoms. The number of pyridine rings is 1. The van der Waals surface area contributed by atoms with Crippen molar-refractivity contribution in [1.82, 2.24) is 4.98 Å². The number of rotatable bonds is 4. The Kier molecular flexibility index (Phi) is 4.44. The molecule has 0 unspecified atom stereocenters. The summed E-state index contributed by atoms with van der Waals surface area (Å²) in [6.45, 7) is 1.60. The lowest BCUT2D eigenvalue weighted by molar-refractivity contribution is -0.119. The number of benzene rings is 1. The van der Waals surface area contributed by atoms with Crippen LogP contribution in [0.15, 0.2) is 48.8 Å². The van der Waals surface area contributed by atoms with E-state index in [0.29, 0.717) is 11.3 Å². The van der Waals surface area contributed by atoms with Crippen LogP contribution in [0.1, 0.15) is 15.9 Å². The predicted molar refractivity (Wildman–Crippen MR) is 74.3 cm³/mol. The molecule has 5 heteroatoms. The van der Waals surface area contributed by atoms with Crippen LogP contribution in [-0.4, -0.2) is 23.5 Å². The molecule has 5 nitrogen and oxygen atoms in total. The number of nitrogens with zero attached hydrogens (tertiary/aromatic N) is 1. The molecule has 1 heterocycles. The average molecular weight is 270 g/mol. The van der Waals surface area contributed by atoms with Crippen LogP contribution in [0.4, 0.5) is 5.69 Å². The van der Waals surface area contributed by atoms with Crippen LogP contribution in [0.25, 0.3) is 0 Å². The first-order chi connectivity index (χ1) is 9.65. The Morgan fingerprint density at radius 3 is 2.80 bits per heavy atom. The van der Waals surface area contributed by atoms with E-state index >= 15 is 0 Å². The summed E-state index contributed by atoms with van der Waals surface area (Å²) in [4.78, 5) is 27.1. The normalized spacial score (nSPS) is 9.85. The lowest BCUT2D eigenvalue weighted by Crippen LogP contribution is -2.21. The van der Waals surface area contributed by atoms with Crippen LogP contribution in [-0.2, 0) is 9.53 Å². The summed E-state index contributed by atoms with van der Waals surface area (Å²) in [5, 5.41) is 2.66. The summed E-state index contributed by atoms with van der Waals surface area (Å²) in [6.07, 6.45) is 2.95. The van der Waals surface area contributed by atoms with Crippen molar-refractivity contribution in [2.45, 2.75) is 6.92 Å². The summed E-state index contributed by atoms with van der Waals surface area (Å²) < 4.78 is 4.90. The molecule has 0 radical (unpaired) electrons. The minimum Gasteiger partial charge on any atom is -0.452 e. The van der Waals surface area contributed by atoms with Crippen LogP contribution in [0, 0.1) is 6.92 Å². The summed E-state index contributed by atoms with van der Waals surface area (Å²) in [7, 11) is 0. The molecular formula is C15H14N2O3. The number of esters is 1. The van der Waals surface area contributed by atoms with Crippen molar-refractivity contribution in [1.29, 1.82) is 0 Å². The number of hydrogen-bond acceptors (Lipinski definition) is 4. The zero-order valence-corrected chi connectivity index (χ0v) is 11.0. The van der Waals surface area contributed by atoms with E-state index in [2.05, 4.69) is 10.3 Å². The first-order valence-corrected chi connectivity index (χ1v) is 6.09. The Morgan fingerprint density at radius 2 is 2.10 bits per heavy atom. The van der Waals surface area contributed by atoms with Crippen molar-refractivity contribution in [3.05, 3.63) is 59.9 Å². The molecule has 0 aliphatic carbocycles. The van der Waals surface area contributed by atoms with Gasteiger partial charge in [0.25, 0.3) is 5.91 Å². The summed E-state index contributed by atoms with van der Waals surface area (Å²) in [5.74, 6) is -0.953. The SMILES string of the molecule is Cc1cccc(NC(=O)COC(=O)c2cccnc2)c1. The number of nitrogens with one attached hydrogen (secondary N) is 1. The van der Waals surface area contributed by atoms with Gasteiger partial charge < -0.3 is 10.1 Å². The maximum atomic E-state index is 11.7. The van der Waals surface area contributed by atoms with Gasteiger partial charge in [0.05, 0.1) is 5.56 Å². The molecule has 0 saturated carbocycles. The van der Waals surface area contributed by atoms with Crippen LogP contribution < -0.4 is 5.32 Å². The molecule has 1 amide bonds. The van der Waals surface area contributed by atoms with E-state index in [4.69, 9.17) is 4.74 Å². The standard InChI is InChI=1S/C15H14N2O3/c1-11-4-2-6-13(8-11)17-14(18)10-20-15(19)12-5-3-7-16-9-12/h2-9H,10H2,1H3,(H,17,18). The van der Waals surface area contributed by atoms with Gasteiger partial charge in [-0.15, -0.1) is 0 Å². The maximum absolute atomic E-state index is 11.7. The molecule has 2 aromatic rings. The molecule has 0 aliphatic heterocycles. The van der Waals surface area contributed by atoms with E-state index in [1.54, 1.807) is 24.4 Å². The van der Waals surface area contributed by atoms with Crippen molar-refractivity contribution < 1.29 is 14.3 Å². The highest BCUT2D eigenvalue weighted by atomic mass is 16.5. The number of hydrogen-bond donors (Lipinski definition) is 1. The fourth-order valence-corrected chi connectivity index (χ4v) is 1.62. The molecule has 0 bridgehead atoms. The van der Waals surface area contributed by atoms with Gasteiger partial charge in [0.1, 0.15) is 0 Å². The van der Waals surface area contributed by atoms with Gasteiger partial charge in [0, 0.05) is 18.1 Å². The van der Waals surface area contributed by atoms with E-state index in [9.17, 15) is 9.59 Å².